The highest BCUT2D eigenvalue weighted by molar-refractivity contribution is 7.99. The summed E-state index contributed by atoms with van der Waals surface area (Å²) in [6, 6.07) is 0.131. The van der Waals surface area contributed by atoms with Crippen molar-refractivity contribution in [1.82, 2.24) is 0 Å². The van der Waals surface area contributed by atoms with Crippen LogP contribution in [0, 0.1) is 0 Å². The maximum atomic E-state index is 11.2. The minimum atomic E-state index is -2.81. The SMILES string of the molecule is CCC(C)SCC(N)CCCS(=O)(=O)CC. The molecule has 0 heterocycles. The molecule has 0 aliphatic rings. The van der Waals surface area contributed by atoms with Gasteiger partial charge in [-0.2, -0.15) is 11.8 Å². The fourth-order valence-corrected chi connectivity index (χ4v) is 3.07. The van der Waals surface area contributed by atoms with E-state index >= 15 is 0 Å². The van der Waals surface area contributed by atoms with E-state index < -0.39 is 9.84 Å². The van der Waals surface area contributed by atoms with Crippen molar-refractivity contribution in [2.45, 2.75) is 51.3 Å². The standard InChI is InChI=1S/C11H25NO2S2/c1-4-10(3)15-9-11(12)7-6-8-16(13,14)5-2/h10-11H,4-9,12H2,1-3H3. The van der Waals surface area contributed by atoms with Crippen molar-refractivity contribution in [3.8, 4) is 0 Å². The molecule has 3 nitrogen and oxygen atoms in total. The molecule has 0 aromatic heterocycles. The average Bonchev–Trinajstić information content (AvgIpc) is 2.25. The first-order valence-electron chi connectivity index (χ1n) is 5.98. The second-order valence-corrected chi connectivity index (χ2v) is 8.14. The lowest BCUT2D eigenvalue weighted by atomic mass is 10.2. The van der Waals surface area contributed by atoms with Gasteiger partial charge in [-0.15, -0.1) is 0 Å². The highest BCUT2D eigenvalue weighted by Crippen LogP contribution is 2.15. The summed E-state index contributed by atoms with van der Waals surface area (Å²) in [5, 5.41) is 0.644. The molecule has 0 aliphatic heterocycles. The molecule has 2 N–H and O–H groups in total. The Bertz CT molecular complexity index is 265. The second kappa shape index (κ2) is 8.37. The van der Waals surface area contributed by atoms with Crippen LogP contribution in [0.15, 0.2) is 0 Å². The van der Waals surface area contributed by atoms with Crippen LogP contribution in [0.1, 0.15) is 40.0 Å². The highest BCUT2D eigenvalue weighted by Gasteiger charge is 2.10. The quantitative estimate of drug-likeness (QED) is 0.694. The molecular formula is C11H25NO2S2. The molecule has 2 unspecified atom stereocenters. The molecule has 16 heavy (non-hydrogen) atoms. The van der Waals surface area contributed by atoms with Gasteiger partial charge in [-0.05, 0) is 19.3 Å². The zero-order valence-electron chi connectivity index (χ0n) is 10.6. The molecular weight excluding hydrogens is 242 g/mol. The van der Waals surface area contributed by atoms with Crippen molar-refractivity contribution in [1.29, 1.82) is 0 Å². The van der Waals surface area contributed by atoms with E-state index in [2.05, 4.69) is 13.8 Å². The molecule has 0 amide bonds. The van der Waals surface area contributed by atoms with Crippen molar-refractivity contribution in [3.63, 3.8) is 0 Å². The summed E-state index contributed by atoms with van der Waals surface area (Å²) in [4.78, 5) is 0. The van der Waals surface area contributed by atoms with Crippen LogP contribution in [-0.2, 0) is 9.84 Å². The summed E-state index contributed by atoms with van der Waals surface area (Å²) in [5.41, 5.74) is 5.93. The minimum absolute atomic E-state index is 0.131. The van der Waals surface area contributed by atoms with Crippen LogP contribution >= 0.6 is 11.8 Å². The maximum absolute atomic E-state index is 11.2. The zero-order valence-corrected chi connectivity index (χ0v) is 12.2. The van der Waals surface area contributed by atoms with Crippen molar-refractivity contribution in [3.05, 3.63) is 0 Å². The summed E-state index contributed by atoms with van der Waals surface area (Å²) < 4.78 is 22.5. The number of thioether (sulfide) groups is 1. The molecule has 0 fully saturated rings. The lowest BCUT2D eigenvalue weighted by Gasteiger charge is -2.14. The second-order valence-electron chi connectivity index (χ2n) is 4.19. The van der Waals surface area contributed by atoms with Crippen LogP contribution in [-0.4, -0.2) is 37.0 Å². The fourth-order valence-electron chi connectivity index (χ4n) is 1.20. The predicted molar refractivity (Wildman–Crippen MR) is 73.7 cm³/mol. The minimum Gasteiger partial charge on any atom is -0.327 e. The fraction of sp³-hybridized carbons (Fsp3) is 1.00. The molecule has 0 aromatic rings. The largest absolute Gasteiger partial charge is 0.327 e. The number of hydrogen-bond acceptors (Lipinski definition) is 4. The Kier molecular flexibility index (Phi) is 8.50. The number of rotatable bonds is 9. The third-order valence-electron chi connectivity index (χ3n) is 2.64. The molecule has 0 rings (SSSR count). The van der Waals surface area contributed by atoms with Gasteiger partial charge in [-0.3, -0.25) is 0 Å². The predicted octanol–water partition coefficient (Wildman–Crippen LogP) is 2.06. The molecule has 0 saturated carbocycles. The Morgan fingerprint density at radius 1 is 1.31 bits per heavy atom. The van der Waals surface area contributed by atoms with Crippen molar-refractivity contribution in [2.24, 2.45) is 5.73 Å². The van der Waals surface area contributed by atoms with Gasteiger partial charge in [0.1, 0.15) is 9.84 Å². The lowest BCUT2D eigenvalue weighted by Crippen LogP contribution is -2.25. The van der Waals surface area contributed by atoms with Gasteiger partial charge in [-0.1, -0.05) is 20.8 Å². The molecule has 5 heteroatoms. The topological polar surface area (TPSA) is 60.2 Å². The Morgan fingerprint density at radius 2 is 1.94 bits per heavy atom. The van der Waals surface area contributed by atoms with E-state index in [-0.39, 0.29) is 17.5 Å². The summed E-state index contributed by atoms with van der Waals surface area (Å²) in [5.74, 6) is 1.45. The highest BCUT2D eigenvalue weighted by atomic mass is 32.2. The Labute approximate surface area is 104 Å². The van der Waals surface area contributed by atoms with Crippen molar-refractivity contribution >= 4 is 21.6 Å². The molecule has 0 bridgehead atoms. The Balaban J connectivity index is 3.62. The van der Waals surface area contributed by atoms with E-state index in [1.165, 1.54) is 0 Å². The third kappa shape index (κ3) is 8.42. The summed E-state index contributed by atoms with van der Waals surface area (Å²) >= 11 is 1.87. The Hall–Kier alpha value is 0.260. The molecule has 2 atom stereocenters. The lowest BCUT2D eigenvalue weighted by molar-refractivity contribution is 0.587. The molecule has 0 aromatic carbocycles. The average molecular weight is 267 g/mol. The van der Waals surface area contributed by atoms with Crippen LogP contribution in [0.5, 0.6) is 0 Å². The summed E-state index contributed by atoms with van der Waals surface area (Å²) in [6.45, 7) is 6.05. The molecule has 0 saturated heterocycles. The van der Waals surface area contributed by atoms with Gasteiger partial charge in [0.2, 0.25) is 0 Å². The van der Waals surface area contributed by atoms with Crippen LogP contribution in [0.2, 0.25) is 0 Å². The van der Waals surface area contributed by atoms with E-state index in [0.29, 0.717) is 11.7 Å². The number of sulfone groups is 1. The van der Waals surface area contributed by atoms with Crippen LogP contribution in [0.3, 0.4) is 0 Å². The zero-order chi connectivity index (χ0) is 12.6. The molecule has 98 valence electrons. The first-order chi connectivity index (χ1) is 7.41. The van der Waals surface area contributed by atoms with Crippen LogP contribution < -0.4 is 5.73 Å². The van der Waals surface area contributed by atoms with Crippen molar-refractivity contribution in [2.75, 3.05) is 17.3 Å². The van der Waals surface area contributed by atoms with Gasteiger partial charge in [-0.25, -0.2) is 8.42 Å². The van der Waals surface area contributed by atoms with Gasteiger partial charge < -0.3 is 5.73 Å². The van der Waals surface area contributed by atoms with Crippen molar-refractivity contribution < 1.29 is 8.42 Å². The maximum Gasteiger partial charge on any atom is 0.150 e. The Morgan fingerprint density at radius 3 is 2.44 bits per heavy atom. The monoisotopic (exact) mass is 267 g/mol. The van der Waals surface area contributed by atoms with Gasteiger partial charge in [0, 0.05) is 22.8 Å². The molecule has 0 spiro atoms. The van der Waals surface area contributed by atoms with Gasteiger partial charge in [0.05, 0.1) is 5.75 Å². The van der Waals surface area contributed by atoms with E-state index in [4.69, 9.17) is 5.73 Å². The van der Waals surface area contributed by atoms with E-state index in [1.54, 1.807) is 6.92 Å². The number of nitrogens with two attached hydrogens (primary N) is 1. The normalized spacial score (nSPS) is 16.0. The van der Waals surface area contributed by atoms with Gasteiger partial charge in [0.25, 0.3) is 0 Å². The van der Waals surface area contributed by atoms with Gasteiger partial charge >= 0.3 is 0 Å². The molecule has 0 radical (unpaired) electrons. The van der Waals surface area contributed by atoms with E-state index in [1.807, 2.05) is 11.8 Å². The first kappa shape index (κ1) is 16.3. The summed E-state index contributed by atoms with van der Waals surface area (Å²) in [7, 11) is -2.81. The third-order valence-corrected chi connectivity index (χ3v) is 5.95. The van der Waals surface area contributed by atoms with Crippen LogP contribution in [0.25, 0.3) is 0 Å². The van der Waals surface area contributed by atoms with Crippen LogP contribution in [0.4, 0.5) is 0 Å². The van der Waals surface area contributed by atoms with Gasteiger partial charge in [0.15, 0.2) is 0 Å². The van der Waals surface area contributed by atoms with E-state index in [0.717, 1.165) is 18.6 Å². The van der Waals surface area contributed by atoms with E-state index in [9.17, 15) is 8.42 Å². The first-order valence-corrected chi connectivity index (χ1v) is 8.85. The summed E-state index contributed by atoms with van der Waals surface area (Å²) in [6.07, 6.45) is 2.66. The number of hydrogen-bond donors (Lipinski definition) is 1. The molecule has 0 aliphatic carbocycles. The smallest absolute Gasteiger partial charge is 0.150 e.